The molecule has 1 saturated carbocycles. The molecule has 2 nitrogen and oxygen atoms in total. The normalized spacial score (nSPS) is 24.9. The maximum absolute atomic E-state index is 3.60. The molecule has 1 saturated heterocycles. The van der Waals surface area contributed by atoms with Crippen LogP contribution in [-0.4, -0.2) is 30.6 Å². The highest BCUT2D eigenvalue weighted by atomic mass is 79.9. The van der Waals surface area contributed by atoms with Gasteiger partial charge in [-0.1, -0.05) is 28.1 Å². The zero-order valence-electron chi connectivity index (χ0n) is 12.3. The van der Waals surface area contributed by atoms with Gasteiger partial charge >= 0.3 is 0 Å². The van der Waals surface area contributed by atoms with Gasteiger partial charge in [0.15, 0.2) is 0 Å². The number of nitrogens with one attached hydrogen (secondary N) is 1. The number of halogens is 1. The second-order valence-corrected chi connectivity index (χ2v) is 7.29. The zero-order chi connectivity index (χ0) is 13.9. The quantitative estimate of drug-likeness (QED) is 0.874. The third kappa shape index (κ3) is 3.63. The summed E-state index contributed by atoms with van der Waals surface area (Å²) in [7, 11) is 0. The van der Waals surface area contributed by atoms with Crippen LogP contribution >= 0.6 is 15.9 Å². The summed E-state index contributed by atoms with van der Waals surface area (Å²) in [6.45, 7) is 6.04. The predicted molar refractivity (Wildman–Crippen MR) is 87.9 cm³/mol. The number of hydrogen-bond donors (Lipinski definition) is 1. The lowest BCUT2D eigenvalue weighted by atomic mass is 9.97. The molecule has 0 aromatic heterocycles. The van der Waals surface area contributed by atoms with Crippen molar-refractivity contribution in [2.24, 2.45) is 5.92 Å². The lowest BCUT2D eigenvalue weighted by Crippen LogP contribution is -2.40. The van der Waals surface area contributed by atoms with Crippen LogP contribution in [0.1, 0.15) is 44.2 Å². The highest BCUT2D eigenvalue weighted by Gasteiger charge is 2.34. The maximum atomic E-state index is 3.60. The van der Waals surface area contributed by atoms with Gasteiger partial charge in [-0.15, -0.1) is 0 Å². The van der Waals surface area contributed by atoms with E-state index < -0.39 is 0 Å². The molecule has 20 heavy (non-hydrogen) atoms. The Labute approximate surface area is 131 Å². The predicted octanol–water partition coefficient (Wildman–Crippen LogP) is 3.97. The Kier molecular flexibility index (Phi) is 4.79. The highest BCUT2D eigenvalue weighted by molar-refractivity contribution is 9.10. The molecule has 110 valence electrons. The molecule has 1 N–H and O–H groups in total. The first-order valence-corrected chi connectivity index (χ1v) is 8.75. The van der Waals surface area contributed by atoms with E-state index in [9.17, 15) is 0 Å². The van der Waals surface area contributed by atoms with Gasteiger partial charge in [0, 0.05) is 23.1 Å². The summed E-state index contributed by atoms with van der Waals surface area (Å²) in [4.78, 5) is 2.75. The van der Waals surface area contributed by atoms with Crippen LogP contribution in [0.25, 0.3) is 0 Å². The molecule has 2 aliphatic rings. The lowest BCUT2D eigenvalue weighted by Gasteiger charge is -2.34. The molecule has 2 unspecified atom stereocenters. The SMILES string of the molecule is CC(c1cccc(Br)c1)N(CC1CCCNC1)C1CC1. The molecule has 3 heteroatoms. The van der Waals surface area contributed by atoms with E-state index in [1.807, 2.05) is 0 Å². The minimum Gasteiger partial charge on any atom is -0.316 e. The molecule has 2 atom stereocenters. The van der Waals surface area contributed by atoms with Crippen LogP contribution in [0.15, 0.2) is 28.7 Å². The van der Waals surface area contributed by atoms with Crippen molar-refractivity contribution in [1.82, 2.24) is 10.2 Å². The van der Waals surface area contributed by atoms with Gasteiger partial charge in [-0.25, -0.2) is 0 Å². The second-order valence-electron chi connectivity index (χ2n) is 6.37. The van der Waals surface area contributed by atoms with Crippen molar-refractivity contribution in [3.05, 3.63) is 34.3 Å². The van der Waals surface area contributed by atoms with Crippen LogP contribution in [0, 0.1) is 5.92 Å². The summed E-state index contributed by atoms with van der Waals surface area (Å²) in [5, 5.41) is 3.55. The summed E-state index contributed by atoms with van der Waals surface area (Å²) in [6.07, 6.45) is 5.51. The summed E-state index contributed by atoms with van der Waals surface area (Å²) < 4.78 is 1.19. The Bertz CT molecular complexity index is 438. The molecule has 3 rings (SSSR count). The Balaban J connectivity index is 1.69. The summed E-state index contributed by atoms with van der Waals surface area (Å²) in [6, 6.07) is 10.2. The van der Waals surface area contributed by atoms with E-state index in [0.29, 0.717) is 6.04 Å². The first-order chi connectivity index (χ1) is 9.74. The summed E-state index contributed by atoms with van der Waals surface area (Å²) >= 11 is 3.60. The minimum absolute atomic E-state index is 0.530. The van der Waals surface area contributed by atoms with Crippen LogP contribution in [0.5, 0.6) is 0 Å². The third-order valence-corrected chi connectivity index (χ3v) is 5.21. The van der Waals surface area contributed by atoms with Crippen LogP contribution in [0.4, 0.5) is 0 Å². The lowest BCUT2D eigenvalue weighted by molar-refractivity contribution is 0.154. The fourth-order valence-corrected chi connectivity index (χ4v) is 3.78. The fourth-order valence-electron chi connectivity index (χ4n) is 3.37. The molecule has 0 radical (unpaired) electrons. The van der Waals surface area contributed by atoms with Crippen molar-refractivity contribution in [3.8, 4) is 0 Å². The second kappa shape index (κ2) is 6.59. The smallest absolute Gasteiger partial charge is 0.0323 e. The van der Waals surface area contributed by atoms with Crippen molar-refractivity contribution < 1.29 is 0 Å². The van der Waals surface area contributed by atoms with Gasteiger partial charge in [0.1, 0.15) is 0 Å². The number of hydrogen-bond acceptors (Lipinski definition) is 2. The Morgan fingerprint density at radius 3 is 2.85 bits per heavy atom. The minimum atomic E-state index is 0.530. The average Bonchev–Trinajstić information content (AvgIpc) is 3.30. The Hall–Kier alpha value is -0.380. The van der Waals surface area contributed by atoms with E-state index in [1.165, 1.54) is 55.4 Å². The van der Waals surface area contributed by atoms with Gasteiger partial charge in [-0.05, 0) is 69.3 Å². The number of piperidine rings is 1. The van der Waals surface area contributed by atoms with Gasteiger partial charge in [0.25, 0.3) is 0 Å². The Morgan fingerprint density at radius 2 is 2.20 bits per heavy atom. The third-order valence-electron chi connectivity index (χ3n) is 4.71. The summed E-state index contributed by atoms with van der Waals surface area (Å²) in [5.74, 6) is 0.832. The van der Waals surface area contributed by atoms with Gasteiger partial charge in [-0.2, -0.15) is 0 Å². The number of benzene rings is 1. The van der Waals surface area contributed by atoms with Crippen LogP contribution < -0.4 is 5.32 Å². The van der Waals surface area contributed by atoms with Crippen LogP contribution in [0.3, 0.4) is 0 Å². The van der Waals surface area contributed by atoms with Gasteiger partial charge < -0.3 is 5.32 Å². The van der Waals surface area contributed by atoms with Gasteiger partial charge in [-0.3, -0.25) is 4.90 Å². The molecular formula is C17H25BrN2. The molecule has 1 aromatic rings. The molecule has 1 aromatic carbocycles. The average molecular weight is 337 g/mol. The van der Waals surface area contributed by atoms with E-state index in [-0.39, 0.29) is 0 Å². The van der Waals surface area contributed by atoms with Crippen LogP contribution in [0.2, 0.25) is 0 Å². The van der Waals surface area contributed by atoms with Crippen molar-refractivity contribution in [3.63, 3.8) is 0 Å². The summed E-state index contributed by atoms with van der Waals surface area (Å²) in [5.41, 5.74) is 1.44. The molecule has 1 aliphatic heterocycles. The van der Waals surface area contributed by atoms with E-state index in [0.717, 1.165) is 12.0 Å². The van der Waals surface area contributed by atoms with Crippen molar-refractivity contribution in [1.29, 1.82) is 0 Å². The van der Waals surface area contributed by atoms with E-state index >= 15 is 0 Å². The monoisotopic (exact) mass is 336 g/mol. The Morgan fingerprint density at radius 1 is 1.35 bits per heavy atom. The first kappa shape index (κ1) is 14.6. The van der Waals surface area contributed by atoms with Gasteiger partial charge in [0.2, 0.25) is 0 Å². The number of rotatable bonds is 5. The van der Waals surface area contributed by atoms with Crippen molar-refractivity contribution in [2.75, 3.05) is 19.6 Å². The molecule has 2 fully saturated rings. The van der Waals surface area contributed by atoms with Gasteiger partial charge in [0.05, 0.1) is 0 Å². The first-order valence-electron chi connectivity index (χ1n) is 7.96. The van der Waals surface area contributed by atoms with Crippen molar-refractivity contribution in [2.45, 2.75) is 44.7 Å². The molecule has 0 spiro atoms. The van der Waals surface area contributed by atoms with E-state index in [1.54, 1.807) is 0 Å². The fraction of sp³-hybridized carbons (Fsp3) is 0.647. The highest BCUT2D eigenvalue weighted by Crippen LogP contribution is 2.36. The molecule has 0 bridgehead atoms. The molecular weight excluding hydrogens is 312 g/mol. The van der Waals surface area contributed by atoms with E-state index in [4.69, 9.17) is 0 Å². The standard InChI is InChI=1S/C17H25BrN2/c1-13(15-5-2-6-16(18)10-15)20(17-7-8-17)12-14-4-3-9-19-11-14/h2,5-6,10,13-14,17,19H,3-4,7-9,11-12H2,1H3. The molecule has 0 amide bonds. The van der Waals surface area contributed by atoms with Crippen molar-refractivity contribution >= 4 is 15.9 Å². The van der Waals surface area contributed by atoms with E-state index in [2.05, 4.69) is 57.3 Å². The molecule has 1 heterocycles. The molecule has 1 aliphatic carbocycles. The zero-order valence-corrected chi connectivity index (χ0v) is 13.9. The largest absolute Gasteiger partial charge is 0.316 e. The van der Waals surface area contributed by atoms with Crippen LogP contribution in [-0.2, 0) is 0 Å². The number of nitrogens with zero attached hydrogens (tertiary/aromatic N) is 1. The topological polar surface area (TPSA) is 15.3 Å². The maximum Gasteiger partial charge on any atom is 0.0323 e.